The molecule has 2 nitrogen and oxygen atoms in total. The van der Waals surface area contributed by atoms with Crippen molar-refractivity contribution in [2.45, 2.75) is 13.3 Å². The summed E-state index contributed by atoms with van der Waals surface area (Å²) >= 11 is 5.91. The van der Waals surface area contributed by atoms with Gasteiger partial charge in [0.1, 0.15) is 12.4 Å². The van der Waals surface area contributed by atoms with Crippen molar-refractivity contribution in [3.63, 3.8) is 0 Å². The maximum absolute atomic E-state index is 5.91. The van der Waals surface area contributed by atoms with Crippen LogP contribution in [0, 0.1) is 0 Å². The number of hydrogen-bond donors (Lipinski definition) is 1. The summed E-state index contributed by atoms with van der Waals surface area (Å²) in [6.07, 6.45) is 1.05. The van der Waals surface area contributed by atoms with E-state index in [1.807, 2.05) is 36.4 Å². The molecule has 100 valence electrons. The monoisotopic (exact) mass is 275 g/mol. The Morgan fingerprint density at radius 2 is 1.89 bits per heavy atom. The summed E-state index contributed by atoms with van der Waals surface area (Å²) in [6, 6.07) is 15.9. The molecule has 0 aliphatic carbocycles. The van der Waals surface area contributed by atoms with Crippen LogP contribution in [-0.2, 0) is 6.42 Å². The van der Waals surface area contributed by atoms with E-state index in [4.69, 9.17) is 16.3 Å². The van der Waals surface area contributed by atoms with Gasteiger partial charge in [-0.05, 0) is 42.3 Å². The molecule has 2 rings (SSSR count). The van der Waals surface area contributed by atoms with Crippen LogP contribution in [-0.4, -0.2) is 13.2 Å². The number of ether oxygens (including phenoxy) is 1. The molecule has 0 bridgehead atoms. The molecular formula is C16H18ClNO. The Kier molecular flexibility index (Phi) is 5.10. The van der Waals surface area contributed by atoms with Crippen molar-refractivity contribution >= 4 is 17.3 Å². The van der Waals surface area contributed by atoms with E-state index in [2.05, 4.69) is 24.4 Å². The third kappa shape index (κ3) is 4.49. The van der Waals surface area contributed by atoms with E-state index in [0.717, 1.165) is 29.4 Å². The Labute approximate surface area is 119 Å². The number of rotatable bonds is 6. The molecule has 0 fully saturated rings. The van der Waals surface area contributed by atoms with Crippen LogP contribution in [0.5, 0.6) is 5.75 Å². The molecule has 0 radical (unpaired) electrons. The molecule has 0 aromatic heterocycles. The van der Waals surface area contributed by atoms with Crippen molar-refractivity contribution in [2.75, 3.05) is 18.5 Å². The Bertz CT molecular complexity index is 510. The lowest BCUT2D eigenvalue weighted by atomic mass is 10.2. The van der Waals surface area contributed by atoms with E-state index in [0.29, 0.717) is 6.61 Å². The molecule has 3 heteroatoms. The first-order valence-corrected chi connectivity index (χ1v) is 6.87. The maximum atomic E-state index is 5.91. The highest BCUT2D eigenvalue weighted by atomic mass is 35.5. The van der Waals surface area contributed by atoms with Gasteiger partial charge in [-0.3, -0.25) is 0 Å². The Hall–Kier alpha value is -1.67. The highest BCUT2D eigenvalue weighted by Gasteiger charge is 1.96. The van der Waals surface area contributed by atoms with E-state index in [1.165, 1.54) is 5.56 Å². The predicted molar refractivity (Wildman–Crippen MR) is 81.3 cm³/mol. The molecule has 0 saturated carbocycles. The largest absolute Gasteiger partial charge is 0.492 e. The summed E-state index contributed by atoms with van der Waals surface area (Å²) in [5, 5.41) is 4.01. The zero-order chi connectivity index (χ0) is 13.5. The van der Waals surface area contributed by atoms with Gasteiger partial charge in [0.15, 0.2) is 0 Å². The lowest BCUT2D eigenvalue weighted by Gasteiger charge is -2.09. The lowest BCUT2D eigenvalue weighted by molar-refractivity contribution is 0.333. The maximum Gasteiger partial charge on any atom is 0.119 e. The van der Waals surface area contributed by atoms with Crippen LogP contribution in [0.15, 0.2) is 48.5 Å². The van der Waals surface area contributed by atoms with Gasteiger partial charge in [0.05, 0.1) is 0 Å². The average molecular weight is 276 g/mol. The summed E-state index contributed by atoms with van der Waals surface area (Å²) in [7, 11) is 0. The standard InChI is InChI=1S/C16H18ClNO/c1-2-13-6-8-16(9-7-13)19-11-10-18-15-5-3-4-14(17)12-15/h3-9,12,18H,2,10-11H2,1H3. The minimum Gasteiger partial charge on any atom is -0.492 e. The van der Waals surface area contributed by atoms with Gasteiger partial charge in [-0.2, -0.15) is 0 Å². The molecule has 0 saturated heterocycles. The quantitative estimate of drug-likeness (QED) is 0.789. The van der Waals surface area contributed by atoms with Crippen LogP contribution in [0.3, 0.4) is 0 Å². The van der Waals surface area contributed by atoms with E-state index in [-0.39, 0.29) is 0 Å². The Morgan fingerprint density at radius 1 is 1.11 bits per heavy atom. The van der Waals surface area contributed by atoms with E-state index < -0.39 is 0 Å². The first-order valence-electron chi connectivity index (χ1n) is 6.49. The van der Waals surface area contributed by atoms with Crippen molar-refractivity contribution in [2.24, 2.45) is 0 Å². The van der Waals surface area contributed by atoms with Crippen LogP contribution in [0.2, 0.25) is 5.02 Å². The Morgan fingerprint density at radius 3 is 2.58 bits per heavy atom. The van der Waals surface area contributed by atoms with Crippen LogP contribution < -0.4 is 10.1 Å². The van der Waals surface area contributed by atoms with Crippen LogP contribution in [0.1, 0.15) is 12.5 Å². The highest BCUT2D eigenvalue weighted by molar-refractivity contribution is 6.30. The van der Waals surface area contributed by atoms with Gasteiger partial charge in [-0.15, -0.1) is 0 Å². The normalized spacial score (nSPS) is 10.2. The van der Waals surface area contributed by atoms with E-state index in [9.17, 15) is 0 Å². The third-order valence-corrected chi connectivity index (χ3v) is 3.09. The SMILES string of the molecule is CCc1ccc(OCCNc2cccc(Cl)c2)cc1. The van der Waals surface area contributed by atoms with Crippen molar-refractivity contribution in [1.82, 2.24) is 0 Å². The predicted octanol–water partition coefficient (Wildman–Crippen LogP) is 4.39. The fourth-order valence-corrected chi connectivity index (χ4v) is 1.97. The van der Waals surface area contributed by atoms with Gasteiger partial charge in [0.2, 0.25) is 0 Å². The summed E-state index contributed by atoms with van der Waals surface area (Å²) in [6.45, 7) is 3.51. The van der Waals surface area contributed by atoms with Gasteiger partial charge in [0, 0.05) is 17.3 Å². The van der Waals surface area contributed by atoms with Gasteiger partial charge in [0.25, 0.3) is 0 Å². The molecule has 0 aliphatic heterocycles. The second-order valence-electron chi connectivity index (χ2n) is 4.28. The summed E-state index contributed by atoms with van der Waals surface area (Å²) in [5.74, 6) is 0.907. The topological polar surface area (TPSA) is 21.3 Å². The number of aryl methyl sites for hydroxylation is 1. The summed E-state index contributed by atoms with van der Waals surface area (Å²) < 4.78 is 5.66. The fourth-order valence-electron chi connectivity index (χ4n) is 1.78. The molecule has 19 heavy (non-hydrogen) atoms. The summed E-state index contributed by atoms with van der Waals surface area (Å²) in [4.78, 5) is 0. The molecule has 0 heterocycles. The van der Waals surface area contributed by atoms with Gasteiger partial charge >= 0.3 is 0 Å². The fraction of sp³-hybridized carbons (Fsp3) is 0.250. The molecular weight excluding hydrogens is 258 g/mol. The Balaban J connectivity index is 1.74. The molecule has 0 unspecified atom stereocenters. The number of nitrogens with one attached hydrogen (secondary N) is 1. The van der Waals surface area contributed by atoms with Gasteiger partial charge < -0.3 is 10.1 Å². The molecule has 2 aromatic carbocycles. The van der Waals surface area contributed by atoms with Crippen LogP contribution in [0.4, 0.5) is 5.69 Å². The average Bonchev–Trinajstić information content (AvgIpc) is 2.44. The summed E-state index contributed by atoms with van der Waals surface area (Å²) in [5.41, 5.74) is 2.34. The molecule has 2 aromatic rings. The van der Waals surface area contributed by atoms with Crippen molar-refractivity contribution in [3.8, 4) is 5.75 Å². The highest BCUT2D eigenvalue weighted by Crippen LogP contribution is 2.15. The van der Waals surface area contributed by atoms with Crippen molar-refractivity contribution < 1.29 is 4.74 Å². The van der Waals surface area contributed by atoms with E-state index >= 15 is 0 Å². The second-order valence-corrected chi connectivity index (χ2v) is 4.72. The smallest absolute Gasteiger partial charge is 0.119 e. The lowest BCUT2D eigenvalue weighted by Crippen LogP contribution is -2.11. The number of hydrogen-bond acceptors (Lipinski definition) is 2. The van der Waals surface area contributed by atoms with Gasteiger partial charge in [-0.25, -0.2) is 0 Å². The van der Waals surface area contributed by atoms with Crippen LogP contribution >= 0.6 is 11.6 Å². The minimum absolute atomic E-state index is 0.623. The van der Waals surface area contributed by atoms with Gasteiger partial charge in [-0.1, -0.05) is 36.7 Å². The molecule has 0 aliphatic rings. The number of anilines is 1. The molecule has 0 amide bonds. The zero-order valence-corrected chi connectivity index (χ0v) is 11.8. The minimum atomic E-state index is 0.623. The van der Waals surface area contributed by atoms with Crippen LogP contribution in [0.25, 0.3) is 0 Å². The zero-order valence-electron chi connectivity index (χ0n) is 11.0. The number of benzene rings is 2. The first-order chi connectivity index (χ1) is 9.28. The molecule has 0 spiro atoms. The third-order valence-electron chi connectivity index (χ3n) is 2.86. The molecule has 1 N–H and O–H groups in total. The first kappa shape index (κ1) is 13.8. The number of halogens is 1. The van der Waals surface area contributed by atoms with E-state index in [1.54, 1.807) is 0 Å². The molecule has 0 atom stereocenters. The second kappa shape index (κ2) is 7.05. The van der Waals surface area contributed by atoms with Crippen molar-refractivity contribution in [3.05, 3.63) is 59.1 Å². The van der Waals surface area contributed by atoms with Crippen molar-refractivity contribution in [1.29, 1.82) is 0 Å².